The Bertz CT molecular complexity index is 1490. The third-order valence-electron chi connectivity index (χ3n) is 8.69. The number of fused-ring (bicyclic) bond motifs is 1. The molecule has 1 spiro atoms. The van der Waals surface area contributed by atoms with Gasteiger partial charge in [0.05, 0.1) is 25.1 Å². The van der Waals surface area contributed by atoms with Gasteiger partial charge in [0.15, 0.2) is 0 Å². The summed E-state index contributed by atoms with van der Waals surface area (Å²) in [5.41, 5.74) is 11.4. The highest BCUT2D eigenvalue weighted by Crippen LogP contribution is 2.50. The lowest BCUT2D eigenvalue weighted by molar-refractivity contribution is 0.122. The maximum absolute atomic E-state index is 13.1. The average Bonchev–Trinajstić information content (AvgIpc) is 3.23. The molecule has 0 amide bonds. The molecule has 39 heavy (non-hydrogen) atoms. The van der Waals surface area contributed by atoms with Crippen molar-refractivity contribution in [2.75, 3.05) is 49.2 Å². The van der Waals surface area contributed by atoms with Crippen molar-refractivity contribution in [1.82, 2.24) is 9.55 Å². The number of benzene rings is 2. The Morgan fingerprint density at radius 1 is 1.10 bits per heavy atom. The van der Waals surface area contributed by atoms with E-state index in [1.807, 2.05) is 12.1 Å². The van der Waals surface area contributed by atoms with Crippen LogP contribution in [0, 0.1) is 17.3 Å². The van der Waals surface area contributed by atoms with E-state index < -0.39 is 0 Å². The van der Waals surface area contributed by atoms with Gasteiger partial charge in [-0.05, 0) is 53.5 Å². The fraction of sp³-hybridized carbons (Fsp3) is 0.419. The van der Waals surface area contributed by atoms with Crippen molar-refractivity contribution >= 4 is 11.6 Å². The van der Waals surface area contributed by atoms with Crippen LogP contribution in [0.15, 0.2) is 53.5 Å². The molecule has 0 bridgehead atoms. The SMILES string of the molecule is Cn1c(N2CCC3(CC2)Cc2ccccc2[C@H]3N)ncc(C#CCc2ccc(N3CCOCC3)c(O)c2)c1=O. The van der Waals surface area contributed by atoms with Crippen molar-refractivity contribution in [2.45, 2.75) is 31.7 Å². The number of morpholine rings is 1. The minimum atomic E-state index is -0.150. The number of ether oxygens (including phenoxy) is 1. The third kappa shape index (κ3) is 4.77. The molecular formula is C31H35N5O3. The summed E-state index contributed by atoms with van der Waals surface area (Å²) in [6.07, 6.45) is 4.98. The second-order valence-corrected chi connectivity index (χ2v) is 10.9. The van der Waals surface area contributed by atoms with E-state index in [2.05, 4.69) is 50.9 Å². The van der Waals surface area contributed by atoms with E-state index in [0.29, 0.717) is 31.1 Å². The number of nitrogens with two attached hydrogens (primary N) is 1. The zero-order valence-corrected chi connectivity index (χ0v) is 22.4. The van der Waals surface area contributed by atoms with Crippen molar-refractivity contribution in [2.24, 2.45) is 18.2 Å². The summed E-state index contributed by atoms with van der Waals surface area (Å²) < 4.78 is 7.00. The Hall–Kier alpha value is -3.80. The Morgan fingerprint density at radius 2 is 1.87 bits per heavy atom. The molecule has 0 unspecified atom stereocenters. The smallest absolute Gasteiger partial charge is 0.270 e. The van der Waals surface area contributed by atoms with Gasteiger partial charge in [-0.25, -0.2) is 4.98 Å². The molecule has 3 N–H and O–H groups in total. The highest BCUT2D eigenvalue weighted by Gasteiger charge is 2.46. The summed E-state index contributed by atoms with van der Waals surface area (Å²) in [7, 11) is 1.76. The Labute approximate surface area is 229 Å². The van der Waals surface area contributed by atoms with E-state index in [1.165, 1.54) is 11.1 Å². The number of nitrogens with zero attached hydrogens (tertiary/aromatic N) is 4. The molecule has 3 heterocycles. The van der Waals surface area contributed by atoms with E-state index in [1.54, 1.807) is 23.9 Å². The van der Waals surface area contributed by atoms with Gasteiger partial charge in [0.25, 0.3) is 5.56 Å². The second kappa shape index (κ2) is 10.4. The minimum Gasteiger partial charge on any atom is -0.506 e. The van der Waals surface area contributed by atoms with Crippen molar-refractivity contribution in [3.8, 4) is 17.6 Å². The van der Waals surface area contributed by atoms with E-state index in [4.69, 9.17) is 10.5 Å². The van der Waals surface area contributed by atoms with Gasteiger partial charge in [-0.3, -0.25) is 9.36 Å². The summed E-state index contributed by atoms with van der Waals surface area (Å²) in [6, 6.07) is 14.2. The first kappa shape index (κ1) is 25.5. The summed E-state index contributed by atoms with van der Waals surface area (Å²) in [4.78, 5) is 22.1. The second-order valence-electron chi connectivity index (χ2n) is 10.9. The average molecular weight is 526 g/mol. The van der Waals surface area contributed by atoms with Gasteiger partial charge in [-0.1, -0.05) is 42.2 Å². The van der Waals surface area contributed by atoms with Gasteiger partial charge < -0.3 is 25.4 Å². The monoisotopic (exact) mass is 525 g/mol. The number of phenols is 1. The number of hydrogen-bond acceptors (Lipinski definition) is 7. The molecule has 202 valence electrons. The Morgan fingerprint density at radius 3 is 2.62 bits per heavy atom. The lowest BCUT2D eigenvalue weighted by atomic mass is 9.73. The van der Waals surface area contributed by atoms with Crippen LogP contribution >= 0.6 is 0 Å². The summed E-state index contributed by atoms with van der Waals surface area (Å²) in [5.74, 6) is 6.99. The molecular weight excluding hydrogens is 490 g/mol. The number of hydrogen-bond donors (Lipinski definition) is 2. The summed E-state index contributed by atoms with van der Waals surface area (Å²) >= 11 is 0. The van der Waals surface area contributed by atoms with Crippen molar-refractivity contribution in [3.63, 3.8) is 0 Å². The van der Waals surface area contributed by atoms with Gasteiger partial charge in [-0.15, -0.1) is 0 Å². The van der Waals surface area contributed by atoms with Crippen LogP contribution in [0.4, 0.5) is 11.6 Å². The van der Waals surface area contributed by atoms with Crippen LogP contribution in [0.3, 0.4) is 0 Å². The largest absolute Gasteiger partial charge is 0.506 e. The zero-order valence-electron chi connectivity index (χ0n) is 22.4. The lowest BCUT2D eigenvalue weighted by Gasteiger charge is -2.42. The normalized spacial score (nSPS) is 20.0. The van der Waals surface area contributed by atoms with Crippen molar-refractivity contribution in [1.29, 1.82) is 0 Å². The van der Waals surface area contributed by atoms with Crippen LogP contribution < -0.4 is 21.1 Å². The molecule has 0 saturated carbocycles. The predicted molar refractivity (Wildman–Crippen MR) is 152 cm³/mol. The van der Waals surface area contributed by atoms with Gasteiger partial charge in [0.1, 0.15) is 11.3 Å². The Kier molecular flexibility index (Phi) is 6.79. The summed E-state index contributed by atoms with van der Waals surface area (Å²) in [6.45, 7) is 4.48. The first-order valence-corrected chi connectivity index (χ1v) is 13.7. The van der Waals surface area contributed by atoms with Gasteiger partial charge in [0.2, 0.25) is 5.95 Å². The Balaban J connectivity index is 1.11. The molecule has 1 atom stereocenters. The first-order chi connectivity index (χ1) is 18.9. The number of aromatic nitrogens is 2. The number of piperidine rings is 1. The minimum absolute atomic E-state index is 0.0581. The van der Waals surface area contributed by atoms with Crippen molar-refractivity contribution < 1.29 is 9.84 Å². The molecule has 8 heteroatoms. The molecule has 0 radical (unpaired) electrons. The molecule has 2 fully saturated rings. The molecule has 1 aromatic heterocycles. The molecule has 2 saturated heterocycles. The maximum atomic E-state index is 13.1. The van der Waals surface area contributed by atoms with Crippen LogP contribution in [0.5, 0.6) is 5.75 Å². The summed E-state index contributed by atoms with van der Waals surface area (Å²) in [5, 5.41) is 10.5. The molecule has 2 aromatic carbocycles. The zero-order chi connectivity index (χ0) is 27.0. The topological polar surface area (TPSA) is 96.8 Å². The van der Waals surface area contributed by atoms with E-state index >= 15 is 0 Å². The standard InChI is InChI=1S/C31H35N5O3/c1-34-29(38)24(7-4-5-22-9-10-26(27(37)19-22)35-15-17-39-18-16-35)21-33-30(34)36-13-11-31(12-14-36)20-23-6-2-3-8-25(23)28(31)32/h2-3,6,8-10,19,21,28,37H,5,11-18,20,32H2,1H3/t28-/m1/s1. The number of anilines is 2. The lowest BCUT2D eigenvalue weighted by Crippen LogP contribution is -2.46. The van der Waals surface area contributed by atoms with Gasteiger partial charge >= 0.3 is 0 Å². The number of aromatic hydroxyl groups is 1. The molecule has 1 aliphatic carbocycles. The molecule has 3 aliphatic rings. The van der Waals surface area contributed by atoms with E-state index in [0.717, 1.165) is 56.7 Å². The predicted octanol–water partition coefficient (Wildman–Crippen LogP) is 2.76. The van der Waals surface area contributed by atoms with Crippen LogP contribution in [-0.4, -0.2) is 54.1 Å². The molecule has 6 rings (SSSR count). The van der Waals surface area contributed by atoms with Crippen molar-refractivity contribution in [3.05, 3.63) is 81.3 Å². The van der Waals surface area contributed by atoms with Crippen LogP contribution in [0.1, 0.15) is 41.1 Å². The quantitative estimate of drug-likeness (QED) is 0.508. The number of rotatable bonds is 3. The third-order valence-corrected chi connectivity index (χ3v) is 8.69. The molecule has 2 aliphatic heterocycles. The van der Waals surface area contributed by atoms with Gasteiger partial charge in [-0.2, -0.15) is 0 Å². The highest BCUT2D eigenvalue weighted by atomic mass is 16.5. The van der Waals surface area contributed by atoms with E-state index in [-0.39, 0.29) is 22.8 Å². The van der Waals surface area contributed by atoms with E-state index in [9.17, 15) is 9.90 Å². The highest BCUT2D eigenvalue weighted by molar-refractivity contribution is 5.59. The maximum Gasteiger partial charge on any atom is 0.270 e. The van der Waals surface area contributed by atoms with Crippen LogP contribution in [0.2, 0.25) is 0 Å². The fourth-order valence-electron chi connectivity index (χ4n) is 6.36. The van der Waals surface area contributed by atoms with Crippen LogP contribution in [-0.2, 0) is 24.6 Å². The molecule has 8 nitrogen and oxygen atoms in total. The fourth-order valence-corrected chi connectivity index (χ4v) is 6.36. The van der Waals surface area contributed by atoms with Gasteiger partial charge in [0, 0.05) is 45.7 Å². The van der Waals surface area contributed by atoms with Crippen LogP contribution in [0.25, 0.3) is 0 Å². The first-order valence-electron chi connectivity index (χ1n) is 13.7. The molecule has 3 aromatic rings. The number of phenolic OH excluding ortho intramolecular Hbond substituents is 1.